The van der Waals surface area contributed by atoms with Gasteiger partial charge < -0.3 is 9.72 Å². The molecule has 0 unspecified atom stereocenters. The summed E-state index contributed by atoms with van der Waals surface area (Å²) in [6, 6.07) is 3.59. The van der Waals surface area contributed by atoms with Crippen molar-refractivity contribution in [2.45, 2.75) is 6.92 Å². The molecule has 2 aromatic rings. The number of hydrogen-bond donors (Lipinski definition) is 1. The van der Waals surface area contributed by atoms with E-state index in [1.54, 1.807) is 18.3 Å². The first kappa shape index (κ1) is 10.4. The summed E-state index contributed by atoms with van der Waals surface area (Å²) >= 11 is 0. The molecular formula is C12H13N3O. The molecule has 1 N–H and O–H groups in total. The van der Waals surface area contributed by atoms with Gasteiger partial charge in [-0.3, -0.25) is 4.79 Å². The molecule has 0 fully saturated rings. The molecular weight excluding hydrogens is 202 g/mol. The van der Waals surface area contributed by atoms with Crippen LogP contribution in [-0.2, 0) is 0 Å². The molecule has 2 aromatic heterocycles. The minimum absolute atomic E-state index is 0.104. The van der Waals surface area contributed by atoms with E-state index in [0.29, 0.717) is 12.1 Å². The predicted octanol–water partition coefficient (Wildman–Crippen LogP) is 1.56. The Labute approximate surface area is 93.6 Å². The van der Waals surface area contributed by atoms with E-state index in [-0.39, 0.29) is 5.91 Å². The van der Waals surface area contributed by atoms with Crippen LogP contribution in [0.5, 0.6) is 0 Å². The van der Waals surface area contributed by atoms with Gasteiger partial charge in [0.25, 0.3) is 5.91 Å². The molecule has 0 aliphatic carbocycles. The third kappa shape index (κ3) is 1.95. The third-order valence-corrected chi connectivity index (χ3v) is 2.24. The van der Waals surface area contributed by atoms with Crippen LogP contribution in [0.15, 0.2) is 37.2 Å². The van der Waals surface area contributed by atoms with E-state index in [1.807, 2.05) is 23.6 Å². The Kier molecular flexibility index (Phi) is 2.72. The quantitative estimate of drug-likeness (QED) is 0.790. The maximum absolute atomic E-state index is 11.7. The molecule has 4 heteroatoms. The fraction of sp³-hybridized carbons (Fsp3) is 0.167. The number of fused-ring (bicyclic) bond motifs is 1. The van der Waals surface area contributed by atoms with Gasteiger partial charge in [0.05, 0.1) is 11.3 Å². The number of imidazole rings is 1. The van der Waals surface area contributed by atoms with Crippen LogP contribution in [0.25, 0.3) is 5.65 Å². The van der Waals surface area contributed by atoms with Gasteiger partial charge in [0, 0.05) is 18.9 Å². The van der Waals surface area contributed by atoms with Gasteiger partial charge >= 0.3 is 0 Å². The van der Waals surface area contributed by atoms with Crippen LogP contribution in [0, 0.1) is 6.92 Å². The van der Waals surface area contributed by atoms with Gasteiger partial charge in [-0.1, -0.05) is 6.08 Å². The zero-order chi connectivity index (χ0) is 11.5. The molecule has 0 spiro atoms. The minimum Gasteiger partial charge on any atom is -0.349 e. The lowest BCUT2D eigenvalue weighted by molar-refractivity contribution is 0.0957. The number of amides is 1. The van der Waals surface area contributed by atoms with Crippen molar-refractivity contribution in [1.29, 1.82) is 0 Å². The highest BCUT2D eigenvalue weighted by Gasteiger charge is 2.05. The second kappa shape index (κ2) is 4.18. The highest BCUT2D eigenvalue weighted by atomic mass is 16.1. The van der Waals surface area contributed by atoms with Gasteiger partial charge in [-0.2, -0.15) is 0 Å². The lowest BCUT2D eigenvalue weighted by Crippen LogP contribution is -2.23. The van der Waals surface area contributed by atoms with Crippen LogP contribution in [0.3, 0.4) is 0 Å². The summed E-state index contributed by atoms with van der Waals surface area (Å²) in [6.45, 7) is 5.94. The SMILES string of the molecule is C=CCNC(=O)c1ccc2nc(C)cn2c1. The molecule has 0 atom stereocenters. The average molecular weight is 215 g/mol. The van der Waals surface area contributed by atoms with E-state index < -0.39 is 0 Å². The van der Waals surface area contributed by atoms with Crippen LogP contribution in [0.1, 0.15) is 16.1 Å². The van der Waals surface area contributed by atoms with Gasteiger partial charge in [-0.25, -0.2) is 4.98 Å². The van der Waals surface area contributed by atoms with Gasteiger partial charge in [0.2, 0.25) is 0 Å². The molecule has 0 aliphatic heterocycles. The van der Waals surface area contributed by atoms with Crippen molar-refractivity contribution in [3.8, 4) is 0 Å². The van der Waals surface area contributed by atoms with E-state index in [4.69, 9.17) is 0 Å². The number of nitrogens with zero attached hydrogens (tertiary/aromatic N) is 2. The summed E-state index contributed by atoms with van der Waals surface area (Å²) in [5, 5.41) is 2.73. The fourth-order valence-electron chi connectivity index (χ4n) is 1.52. The van der Waals surface area contributed by atoms with Gasteiger partial charge in [-0.15, -0.1) is 6.58 Å². The number of aryl methyl sites for hydroxylation is 1. The van der Waals surface area contributed by atoms with E-state index in [2.05, 4.69) is 16.9 Å². The molecule has 82 valence electrons. The number of carbonyl (C=O) groups is 1. The molecule has 2 rings (SSSR count). The largest absolute Gasteiger partial charge is 0.349 e. The molecule has 1 amide bonds. The Hall–Kier alpha value is -2.10. The van der Waals surface area contributed by atoms with Gasteiger partial charge in [0.1, 0.15) is 5.65 Å². The highest BCUT2D eigenvalue weighted by Crippen LogP contribution is 2.07. The summed E-state index contributed by atoms with van der Waals surface area (Å²) in [4.78, 5) is 16.0. The molecule has 0 saturated carbocycles. The lowest BCUT2D eigenvalue weighted by atomic mass is 10.2. The van der Waals surface area contributed by atoms with Crippen LogP contribution < -0.4 is 5.32 Å². The fourth-order valence-corrected chi connectivity index (χ4v) is 1.52. The minimum atomic E-state index is -0.104. The molecule has 0 aromatic carbocycles. The second-order valence-corrected chi connectivity index (χ2v) is 3.56. The lowest BCUT2D eigenvalue weighted by Gasteiger charge is -2.02. The van der Waals surface area contributed by atoms with Crippen LogP contribution in [-0.4, -0.2) is 21.8 Å². The Morgan fingerprint density at radius 2 is 2.38 bits per heavy atom. The standard InChI is InChI=1S/C12H13N3O/c1-3-6-13-12(16)10-4-5-11-14-9(2)7-15(11)8-10/h3-5,7-8H,1,6H2,2H3,(H,13,16). The Morgan fingerprint density at radius 3 is 3.12 bits per heavy atom. The van der Waals surface area contributed by atoms with E-state index >= 15 is 0 Å². The normalized spacial score (nSPS) is 10.3. The predicted molar refractivity (Wildman–Crippen MR) is 62.5 cm³/mol. The second-order valence-electron chi connectivity index (χ2n) is 3.56. The van der Waals surface area contributed by atoms with Crippen molar-refractivity contribution < 1.29 is 4.79 Å². The van der Waals surface area contributed by atoms with Crippen molar-refractivity contribution in [2.75, 3.05) is 6.54 Å². The third-order valence-electron chi connectivity index (χ3n) is 2.24. The number of rotatable bonds is 3. The number of pyridine rings is 1. The topological polar surface area (TPSA) is 46.4 Å². The van der Waals surface area contributed by atoms with Crippen molar-refractivity contribution in [3.63, 3.8) is 0 Å². The molecule has 2 heterocycles. The monoisotopic (exact) mass is 215 g/mol. The Morgan fingerprint density at radius 1 is 1.56 bits per heavy atom. The van der Waals surface area contributed by atoms with E-state index in [9.17, 15) is 4.79 Å². The Bertz CT molecular complexity index is 542. The number of hydrogen-bond acceptors (Lipinski definition) is 2. The van der Waals surface area contributed by atoms with E-state index in [0.717, 1.165) is 11.3 Å². The van der Waals surface area contributed by atoms with Crippen LogP contribution in [0.2, 0.25) is 0 Å². The molecule has 0 bridgehead atoms. The summed E-state index contributed by atoms with van der Waals surface area (Å²) in [5.74, 6) is -0.104. The van der Waals surface area contributed by atoms with Crippen LogP contribution in [0.4, 0.5) is 0 Å². The first-order chi connectivity index (χ1) is 7.70. The van der Waals surface area contributed by atoms with Crippen LogP contribution >= 0.6 is 0 Å². The van der Waals surface area contributed by atoms with E-state index in [1.165, 1.54) is 0 Å². The summed E-state index contributed by atoms with van der Waals surface area (Å²) in [7, 11) is 0. The first-order valence-electron chi connectivity index (χ1n) is 5.05. The molecule has 4 nitrogen and oxygen atoms in total. The van der Waals surface area contributed by atoms with Crippen molar-refractivity contribution in [3.05, 3.63) is 48.4 Å². The number of carbonyl (C=O) groups excluding carboxylic acids is 1. The maximum Gasteiger partial charge on any atom is 0.253 e. The maximum atomic E-state index is 11.7. The van der Waals surface area contributed by atoms with Gasteiger partial charge in [0.15, 0.2) is 0 Å². The smallest absolute Gasteiger partial charge is 0.253 e. The first-order valence-corrected chi connectivity index (χ1v) is 5.05. The molecule has 0 radical (unpaired) electrons. The highest BCUT2D eigenvalue weighted by molar-refractivity contribution is 5.94. The summed E-state index contributed by atoms with van der Waals surface area (Å²) < 4.78 is 1.85. The van der Waals surface area contributed by atoms with Gasteiger partial charge in [-0.05, 0) is 19.1 Å². The Balaban J connectivity index is 2.31. The van der Waals surface area contributed by atoms with Crippen molar-refractivity contribution in [1.82, 2.24) is 14.7 Å². The molecule has 0 aliphatic rings. The molecule has 16 heavy (non-hydrogen) atoms. The average Bonchev–Trinajstić information content (AvgIpc) is 2.64. The number of nitrogens with one attached hydrogen (secondary N) is 1. The number of aromatic nitrogens is 2. The summed E-state index contributed by atoms with van der Waals surface area (Å²) in [6.07, 6.45) is 5.31. The van der Waals surface area contributed by atoms with Crippen molar-refractivity contribution in [2.24, 2.45) is 0 Å². The zero-order valence-electron chi connectivity index (χ0n) is 9.10. The van der Waals surface area contributed by atoms with Crippen molar-refractivity contribution >= 4 is 11.6 Å². The zero-order valence-corrected chi connectivity index (χ0v) is 9.10. The molecule has 0 saturated heterocycles. The summed E-state index contributed by atoms with van der Waals surface area (Å²) in [5.41, 5.74) is 2.40.